The fraction of sp³-hybridized carbons (Fsp3) is 0.708. The fourth-order valence-corrected chi connectivity index (χ4v) is 5.66. The van der Waals surface area contributed by atoms with Crippen LogP contribution >= 0.6 is 0 Å². The van der Waals surface area contributed by atoms with Gasteiger partial charge in [-0.15, -0.1) is 0 Å². The van der Waals surface area contributed by atoms with Gasteiger partial charge in [0.2, 0.25) is 0 Å². The maximum absolute atomic E-state index is 13.7. The molecule has 1 amide bonds. The average molecular weight is 504 g/mol. The predicted octanol–water partition coefficient (Wildman–Crippen LogP) is 5.86. The number of aliphatic hydroxyl groups is 1. The number of hydrogen-bond acceptors (Lipinski definition) is 4. The van der Waals surface area contributed by atoms with Gasteiger partial charge in [-0.05, 0) is 61.4 Å². The largest absolute Gasteiger partial charge is 0.412 e. The van der Waals surface area contributed by atoms with Gasteiger partial charge < -0.3 is 19.3 Å². The first kappa shape index (κ1) is 29.9. The summed E-state index contributed by atoms with van der Waals surface area (Å²) in [5, 5.41) is 12.9. The van der Waals surface area contributed by atoms with Crippen LogP contribution in [-0.2, 0) is 8.85 Å². The van der Waals surface area contributed by atoms with Gasteiger partial charge in [0.1, 0.15) is 0 Å². The van der Waals surface area contributed by atoms with E-state index in [2.05, 4.69) is 73.0 Å². The Kier molecular flexibility index (Phi) is 9.64. The van der Waals surface area contributed by atoms with Crippen LogP contribution in [0.5, 0.6) is 0 Å². The second-order valence-electron chi connectivity index (χ2n) is 11.8. The van der Waals surface area contributed by atoms with Crippen LogP contribution in [0.15, 0.2) is 18.2 Å². The molecule has 1 aromatic rings. The third-order valence-electron chi connectivity index (χ3n) is 7.08. The highest BCUT2D eigenvalue weighted by atomic mass is 28.4. The van der Waals surface area contributed by atoms with Gasteiger partial charge in [-0.2, -0.15) is 0 Å². The molecule has 0 saturated heterocycles. The number of aliphatic hydroxyl groups excluding tert-OH is 1. The van der Waals surface area contributed by atoms with Crippen molar-refractivity contribution in [3.8, 4) is 0 Å². The van der Waals surface area contributed by atoms with Crippen molar-refractivity contribution in [3.05, 3.63) is 35.4 Å². The molecule has 190 valence electrons. The van der Waals surface area contributed by atoms with E-state index in [0.29, 0.717) is 0 Å². The summed E-state index contributed by atoms with van der Waals surface area (Å²) in [6.07, 6.45) is -1.04. The SMILES string of the molecule is C[C@@H](O[Si](C)(C)C(C)(C)C)C(O[Si](C)(C)C(C)(C)C)[C@H](CO)NC(=O)c1ccc(F)c(F)c1. The Hall–Kier alpha value is -1.14. The molecule has 0 aliphatic rings. The molecule has 0 fully saturated rings. The number of halogens is 2. The van der Waals surface area contributed by atoms with Gasteiger partial charge in [0.25, 0.3) is 5.91 Å². The van der Waals surface area contributed by atoms with Gasteiger partial charge in [-0.3, -0.25) is 4.79 Å². The Bertz CT molecular complexity index is 820. The Morgan fingerprint density at radius 2 is 1.45 bits per heavy atom. The highest BCUT2D eigenvalue weighted by Gasteiger charge is 2.45. The first-order valence-electron chi connectivity index (χ1n) is 11.5. The van der Waals surface area contributed by atoms with Crippen LogP contribution in [0.2, 0.25) is 36.3 Å². The van der Waals surface area contributed by atoms with Crippen LogP contribution in [0.3, 0.4) is 0 Å². The van der Waals surface area contributed by atoms with Crippen molar-refractivity contribution in [2.45, 2.75) is 103 Å². The molecule has 2 N–H and O–H groups in total. The van der Waals surface area contributed by atoms with Crippen LogP contribution in [0.1, 0.15) is 58.8 Å². The predicted molar refractivity (Wildman–Crippen MR) is 135 cm³/mol. The Labute approximate surface area is 200 Å². The zero-order valence-corrected chi connectivity index (χ0v) is 24.1. The first-order chi connectivity index (χ1) is 14.7. The maximum atomic E-state index is 13.7. The highest BCUT2D eigenvalue weighted by Crippen LogP contribution is 2.40. The van der Waals surface area contributed by atoms with Gasteiger partial charge in [-0.1, -0.05) is 41.5 Å². The molecule has 33 heavy (non-hydrogen) atoms. The molecule has 0 spiro atoms. The Morgan fingerprint density at radius 1 is 0.970 bits per heavy atom. The molecule has 0 saturated carbocycles. The third kappa shape index (κ3) is 7.68. The molecule has 3 atom stereocenters. The molecular weight excluding hydrogens is 460 g/mol. The second kappa shape index (κ2) is 10.6. The summed E-state index contributed by atoms with van der Waals surface area (Å²) >= 11 is 0. The lowest BCUT2D eigenvalue weighted by Crippen LogP contribution is -2.59. The minimum absolute atomic E-state index is 0.0311. The molecule has 0 aliphatic heterocycles. The van der Waals surface area contributed by atoms with Crippen molar-refractivity contribution in [2.75, 3.05) is 6.61 Å². The van der Waals surface area contributed by atoms with E-state index in [1.807, 2.05) is 6.92 Å². The van der Waals surface area contributed by atoms with E-state index in [1.54, 1.807) is 0 Å². The molecule has 1 rings (SSSR count). The van der Waals surface area contributed by atoms with E-state index in [0.717, 1.165) is 12.1 Å². The summed E-state index contributed by atoms with van der Waals surface area (Å²) in [4.78, 5) is 12.8. The van der Waals surface area contributed by atoms with Gasteiger partial charge >= 0.3 is 0 Å². The molecule has 0 radical (unpaired) electrons. The zero-order chi connectivity index (χ0) is 26.0. The van der Waals surface area contributed by atoms with Gasteiger partial charge in [0, 0.05) is 5.56 Å². The van der Waals surface area contributed by atoms with E-state index in [-0.39, 0.29) is 22.2 Å². The number of nitrogens with one attached hydrogen (secondary N) is 1. The van der Waals surface area contributed by atoms with Crippen LogP contribution in [-0.4, -0.2) is 52.5 Å². The van der Waals surface area contributed by atoms with Crippen molar-refractivity contribution in [1.82, 2.24) is 5.32 Å². The standard InChI is InChI=1S/C24H43F2NO4Si2/c1-16(30-32(8,9)23(2,3)4)21(31-33(10,11)24(5,6)7)20(15-28)27-22(29)17-12-13-18(25)19(26)14-17/h12-14,16,20-21,28H,15H2,1-11H3,(H,27,29)/t16-,20+,21?/m1/s1. The topological polar surface area (TPSA) is 67.8 Å². The number of rotatable bonds is 9. The minimum atomic E-state index is -2.31. The molecule has 0 heterocycles. The smallest absolute Gasteiger partial charge is 0.251 e. The minimum Gasteiger partial charge on any atom is -0.412 e. The normalized spacial score (nSPS) is 16.3. The molecule has 0 aromatic heterocycles. The lowest BCUT2D eigenvalue weighted by molar-refractivity contribution is 0.00757. The van der Waals surface area contributed by atoms with Crippen molar-refractivity contribution in [1.29, 1.82) is 0 Å². The number of benzene rings is 1. The van der Waals surface area contributed by atoms with E-state index < -0.39 is 52.4 Å². The number of amides is 1. The molecule has 1 aromatic carbocycles. The summed E-state index contributed by atoms with van der Waals surface area (Å²) in [7, 11) is -4.49. The summed E-state index contributed by atoms with van der Waals surface area (Å²) in [6.45, 7) is 22.8. The Balaban J connectivity index is 3.30. The average Bonchev–Trinajstić information content (AvgIpc) is 2.64. The fourth-order valence-electron chi connectivity index (χ4n) is 2.85. The van der Waals surface area contributed by atoms with Crippen molar-refractivity contribution in [2.24, 2.45) is 0 Å². The third-order valence-corrected chi connectivity index (χ3v) is 16.1. The van der Waals surface area contributed by atoms with Crippen molar-refractivity contribution < 1.29 is 27.5 Å². The van der Waals surface area contributed by atoms with E-state index >= 15 is 0 Å². The monoisotopic (exact) mass is 503 g/mol. The van der Waals surface area contributed by atoms with Crippen LogP contribution in [0.25, 0.3) is 0 Å². The molecule has 9 heteroatoms. The van der Waals surface area contributed by atoms with Gasteiger partial charge in [0.05, 0.1) is 24.9 Å². The summed E-state index contributed by atoms with van der Waals surface area (Å²) in [6, 6.07) is 2.17. The van der Waals surface area contributed by atoms with Crippen LogP contribution < -0.4 is 5.32 Å². The van der Waals surface area contributed by atoms with Crippen molar-refractivity contribution in [3.63, 3.8) is 0 Å². The van der Waals surface area contributed by atoms with Crippen LogP contribution in [0, 0.1) is 11.6 Å². The zero-order valence-electron chi connectivity index (χ0n) is 22.1. The van der Waals surface area contributed by atoms with Crippen LogP contribution in [0.4, 0.5) is 8.78 Å². The molecule has 0 bridgehead atoms. The first-order valence-corrected chi connectivity index (χ1v) is 17.3. The van der Waals surface area contributed by atoms with E-state index in [1.165, 1.54) is 6.07 Å². The van der Waals surface area contributed by atoms with Gasteiger partial charge in [-0.25, -0.2) is 8.78 Å². The lowest BCUT2D eigenvalue weighted by atomic mass is 10.1. The molecule has 1 unspecified atom stereocenters. The summed E-state index contributed by atoms with van der Waals surface area (Å²) < 4.78 is 40.2. The highest BCUT2D eigenvalue weighted by molar-refractivity contribution is 6.74. The lowest BCUT2D eigenvalue weighted by Gasteiger charge is -2.46. The molecule has 0 aliphatic carbocycles. The summed E-state index contributed by atoms with van der Waals surface area (Å²) in [5.41, 5.74) is -0.0311. The summed E-state index contributed by atoms with van der Waals surface area (Å²) in [5.74, 6) is -2.75. The maximum Gasteiger partial charge on any atom is 0.251 e. The number of hydrogen-bond donors (Lipinski definition) is 2. The van der Waals surface area contributed by atoms with Crippen molar-refractivity contribution >= 4 is 22.5 Å². The van der Waals surface area contributed by atoms with Gasteiger partial charge in [0.15, 0.2) is 28.3 Å². The Morgan fingerprint density at radius 3 is 1.88 bits per heavy atom. The number of carbonyl (C=O) groups is 1. The second-order valence-corrected chi connectivity index (χ2v) is 21.3. The molecule has 5 nitrogen and oxygen atoms in total. The van der Waals surface area contributed by atoms with E-state index in [4.69, 9.17) is 8.85 Å². The number of carbonyl (C=O) groups excluding carboxylic acids is 1. The van der Waals surface area contributed by atoms with E-state index in [9.17, 15) is 18.7 Å². The quantitative estimate of drug-likeness (QED) is 0.415. The molecular formula is C24H43F2NO4Si2.